The molecule has 0 unspecified atom stereocenters. The average molecular weight is 718 g/mol. The van der Waals surface area contributed by atoms with Crippen molar-refractivity contribution >= 4 is 43.9 Å². The summed E-state index contributed by atoms with van der Waals surface area (Å²) >= 11 is 0. The number of benzene rings is 8. The minimum Gasteiger partial charge on any atom is -0.456 e. The summed E-state index contributed by atoms with van der Waals surface area (Å²) in [6, 6.07) is 64.5. The van der Waals surface area contributed by atoms with Crippen LogP contribution in [0.25, 0.3) is 111 Å². The normalized spacial score (nSPS) is 11.6. The Bertz CT molecular complexity index is 3220. The molecule has 0 spiro atoms. The van der Waals surface area contributed by atoms with Gasteiger partial charge in [0.05, 0.1) is 0 Å². The highest BCUT2D eigenvalue weighted by Crippen LogP contribution is 2.42. The van der Waals surface area contributed by atoms with Crippen LogP contribution in [0.5, 0.6) is 0 Å². The molecule has 11 aromatic rings. The molecule has 0 N–H and O–H groups in total. The fraction of sp³-hybridized carbons (Fsp3) is 0. The molecule has 3 heterocycles. The first-order valence-electron chi connectivity index (χ1n) is 18.7. The van der Waals surface area contributed by atoms with Crippen molar-refractivity contribution in [2.24, 2.45) is 0 Å². The third kappa shape index (κ3) is 5.45. The summed E-state index contributed by atoms with van der Waals surface area (Å²) in [6.45, 7) is 0. The van der Waals surface area contributed by atoms with E-state index in [9.17, 15) is 0 Å². The predicted octanol–water partition coefficient (Wildman–Crippen LogP) is 13.7. The van der Waals surface area contributed by atoms with Crippen LogP contribution in [0.15, 0.2) is 197 Å². The maximum absolute atomic E-state index is 6.51. The summed E-state index contributed by atoms with van der Waals surface area (Å²) in [7, 11) is 0. The van der Waals surface area contributed by atoms with Crippen LogP contribution in [-0.4, -0.2) is 15.0 Å². The molecule has 5 nitrogen and oxygen atoms in total. The van der Waals surface area contributed by atoms with Crippen molar-refractivity contribution in [2.75, 3.05) is 0 Å². The van der Waals surface area contributed by atoms with Crippen molar-refractivity contribution in [3.05, 3.63) is 188 Å². The lowest BCUT2D eigenvalue weighted by molar-refractivity contribution is 0.669. The van der Waals surface area contributed by atoms with Crippen molar-refractivity contribution in [2.45, 2.75) is 0 Å². The number of nitrogens with zero attached hydrogens (tertiary/aromatic N) is 3. The van der Waals surface area contributed by atoms with E-state index in [4.69, 9.17) is 23.8 Å². The molecule has 0 aliphatic heterocycles. The van der Waals surface area contributed by atoms with E-state index in [2.05, 4.69) is 127 Å². The van der Waals surface area contributed by atoms with Gasteiger partial charge in [0.25, 0.3) is 0 Å². The zero-order valence-corrected chi connectivity index (χ0v) is 30.1. The largest absolute Gasteiger partial charge is 0.456 e. The van der Waals surface area contributed by atoms with Crippen LogP contribution in [0, 0.1) is 0 Å². The lowest BCUT2D eigenvalue weighted by atomic mass is 9.96. The van der Waals surface area contributed by atoms with Crippen LogP contribution in [0.2, 0.25) is 0 Å². The van der Waals surface area contributed by atoms with Gasteiger partial charge in [-0.2, -0.15) is 0 Å². The molecule has 0 saturated carbocycles. The summed E-state index contributed by atoms with van der Waals surface area (Å²) in [5, 5.41) is 4.10. The molecule has 0 fully saturated rings. The first-order chi connectivity index (χ1) is 27.7. The maximum atomic E-state index is 6.51. The van der Waals surface area contributed by atoms with Gasteiger partial charge in [-0.05, 0) is 69.8 Å². The maximum Gasteiger partial charge on any atom is 0.164 e. The molecule has 262 valence electrons. The number of hydrogen-bond donors (Lipinski definition) is 0. The van der Waals surface area contributed by atoms with Crippen LogP contribution in [0.1, 0.15) is 0 Å². The molecule has 0 amide bonds. The number of furan rings is 2. The lowest BCUT2D eigenvalue weighted by Gasteiger charge is -2.10. The molecular formula is C51H31N3O2. The van der Waals surface area contributed by atoms with E-state index in [1.54, 1.807) is 0 Å². The van der Waals surface area contributed by atoms with E-state index >= 15 is 0 Å². The Balaban J connectivity index is 1.08. The van der Waals surface area contributed by atoms with Crippen LogP contribution in [0.4, 0.5) is 0 Å². The van der Waals surface area contributed by atoms with Gasteiger partial charge in [-0.3, -0.25) is 0 Å². The van der Waals surface area contributed by atoms with Crippen LogP contribution >= 0.6 is 0 Å². The quantitative estimate of drug-likeness (QED) is 0.171. The molecule has 0 aliphatic carbocycles. The Morgan fingerprint density at radius 1 is 0.268 bits per heavy atom. The zero-order chi connectivity index (χ0) is 37.0. The summed E-state index contributed by atoms with van der Waals surface area (Å²) in [5.41, 5.74) is 12.7. The van der Waals surface area contributed by atoms with Crippen LogP contribution < -0.4 is 0 Å². The van der Waals surface area contributed by atoms with Gasteiger partial charge < -0.3 is 8.83 Å². The van der Waals surface area contributed by atoms with Gasteiger partial charge in [0, 0.05) is 38.2 Å². The van der Waals surface area contributed by atoms with Gasteiger partial charge in [-0.15, -0.1) is 0 Å². The van der Waals surface area contributed by atoms with E-state index in [0.717, 1.165) is 88.4 Å². The second kappa shape index (κ2) is 13.0. The Kier molecular flexibility index (Phi) is 7.42. The second-order valence-corrected chi connectivity index (χ2v) is 14.0. The minimum absolute atomic E-state index is 0.580. The molecular weight excluding hydrogens is 687 g/mol. The topological polar surface area (TPSA) is 65.0 Å². The van der Waals surface area contributed by atoms with Crippen molar-refractivity contribution in [3.8, 4) is 67.5 Å². The third-order valence-corrected chi connectivity index (χ3v) is 10.6. The molecule has 11 rings (SSSR count). The van der Waals surface area contributed by atoms with Gasteiger partial charge >= 0.3 is 0 Å². The Morgan fingerprint density at radius 3 is 1.29 bits per heavy atom. The predicted molar refractivity (Wildman–Crippen MR) is 227 cm³/mol. The van der Waals surface area contributed by atoms with E-state index in [-0.39, 0.29) is 0 Å². The molecule has 0 aliphatic rings. The van der Waals surface area contributed by atoms with Gasteiger partial charge in [-0.25, -0.2) is 15.0 Å². The highest BCUT2D eigenvalue weighted by Gasteiger charge is 2.20. The number of hydrogen-bond acceptors (Lipinski definition) is 5. The molecule has 0 saturated heterocycles. The highest BCUT2D eigenvalue weighted by atomic mass is 16.3. The fourth-order valence-electron chi connectivity index (χ4n) is 7.84. The van der Waals surface area contributed by atoms with Crippen molar-refractivity contribution in [1.82, 2.24) is 15.0 Å². The standard InChI is InChI=1S/C51H31N3O2/c1-4-12-32(13-5-1)34-22-24-36(25-23-34)50-52-49(35-16-8-3-9-17-35)53-51(54-50)40-19-11-21-46-48(40)42-31-38(27-29-44(42)56-46)39-18-10-20-45-47(39)41-30-37(26-28-43(41)55-45)33-14-6-2-7-15-33/h1-31H. The molecule has 0 bridgehead atoms. The lowest BCUT2D eigenvalue weighted by Crippen LogP contribution is -2.00. The molecule has 8 aromatic carbocycles. The molecule has 3 aromatic heterocycles. The first-order valence-corrected chi connectivity index (χ1v) is 18.7. The first kappa shape index (κ1) is 31.9. The van der Waals surface area contributed by atoms with Crippen LogP contribution in [-0.2, 0) is 0 Å². The van der Waals surface area contributed by atoms with Crippen LogP contribution in [0.3, 0.4) is 0 Å². The summed E-state index contributed by atoms with van der Waals surface area (Å²) in [4.78, 5) is 15.3. The number of fused-ring (bicyclic) bond motifs is 6. The number of aromatic nitrogens is 3. The molecule has 0 radical (unpaired) electrons. The summed E-state index contributed by atoms with van der Waals surface area (Å²) in [5.74, 6) is 1.79. The third-order valence-electron chi connectivity index (χ3n) is 10.6. The Hall–Kier alpha value is -7.63. The smallest absolute Gasteiger partial charge is 0.164 e. The van der Waals surface area contributed by atoms with Gasteiger partial charge in [0.1, 0.15) is 22.3 Å². The van der Waals surface area contributed by atoms with E-state index in [0.29, 0.717) is 17.5 Å². The Morgan fingerprint density at radius 2 is 0.679 bits per heavy atom. The Labute approximate surface area is 322 Å². The summed E-state index contributed by atoms with van der Waals surface area (Å²) in [6.07, 6.45) is 0. The van der Waals surface area contributed by atoms with Gasteiger partial charge in [0.15, 0.2) is 17.5 Å². The zero-order valence-electron chi connectivity index (χ0n) is 30.1. The molecule has 56 heavy (non-hydrogen) atoms. The van der Waals surface area contributed by atoms with E-state index in [1.807, 2.05) is 60.7 Å². The van der Waals surface area contributed by atoms with E-state index in [1.165, 1.54) is 5.56 Å². The summed E-state index contributed by atoms with van der Waals surface area (Å²) < 4.78 is 12.9. The van der Waals surface area contributed by atoms with Gasteiger partial charge in [0.2, 0.25) is 0 Å². The van der Waals surface area contributed by atoms with Crippen molar-refractivity contribution in [3.63, 3.8) is 0 Å². The van der Waals surface area contributed by atoms with Crippen molar-refractivity contribution < 1.29 is 8.83 Å². The SMILES string of the molecule is c1ccc(-c2ccc(-c3nc(-c4ccccc4)nc(-c4cccc5oc6ccc(-c7cccc8oc9ccc(-c%10ccccc%10)cc9c78)cc6c45)n3)cc2)cc1. The number of rotatable bonds is 6. The van der Waals surface area contributed by atoms with Crippen molar-refractivity contribution in [1.29, 1.82) is 0 Å². The average Bonchev–Trinajstić information content (AvgIpc) is 3.85. The minimum atomic E-state index is 0.580. The second-order valence-electron chi connectivity index (χ2n) is 14.0. The van der Waals surface area contributed by atoms with E-state index < -0.39 is 0 Å². The monoisotopic (exact) mass is 717 g/mol. The van der Waals surface area contributed by atoms with Gasteiger partial charge in [-0.1, -0.05) is 152 Å². The fourth-order valence-corrected chi connectivity index (χ4v) is 7.84. The highest BCUT2D eigenvalue weighted by molar-refractivity contribution is 6.16. The molecule has 0 atom stereocenters. The molecule has 5 heteroatoms.